The van der Waals surface area contributed by atoms with Gasteiger partial charge < -0.3 is 9.67 Å². The van der Waals surface area contributed by atoms with E-state index in [0.717, 1.165) is 5.56 Å². The fourth-order valence-corrected chi connectivity index (χ4v) is 1.75. The molecule has 2 aromatic heterocycles. The van der Waals surface area contributed by atoms with E-state index in [2.05, 4.69) is 4.98 Å². The molecule has 5 nitrogen and oxygen atoms in total. The van der Waals surface area contributed by atoms with E-state index < -0.39 is 11.5 Å². The van der Waals surface area contributed by atoms with Gasteiger partial charge in [-0.2, -0.15) is 0 Å². The molecule has 0 aliphatic rings. The van der Waals surface area contributed by atoms with Crippen LogP contribution in [0.1, 0.15) is 15.9 Å². The first-order chi connectivity index (χ1) is 7.52. The van der Waals surface area contributed by atoms with Crippen LogP contribution in [0.5, 0.6) is 0 Å². The summed E-state index contributed by atoms with van der Waals surface area (Å²) in [4.78, 5) is 26.7. The van der Waals surface area contributed by atoms with Gasteiger partial charge in [0.1, 0.15) is 5.56 Å². The lowest BCUT2D eigenvalue weighted by Gasteiger charge is -2.07. The number of aryl methyl sites for hydroxylation is 2. The third-order valence-corrected chi connectivity index (χ3v) is 2.54. The van der Waals surface area contributed by atoms with Crippen LogP contribution in [-0.2, 0) is 7.05 Å². The van der Waals surface area contributed by atoms with Crippen molar-refractivity contribution < 1.29 is 9.90 Å². The summed E-state index contributed by atoms with van der Waals surface area (Å²) < 4.78 is 1.32. The van der Waals surface area contributed by atoms with Crippen LogP contribution >= 0.6 is 0 Å². The van der Waals surface area contributed by atoms with Gasteiger partial charge >= 0.3 is 5.97 Å². The highest BCUT2D eigenvalue weighted by Crippen LogP contribution is 2.14. The van der Waals surface area contributed by atoms with Crippen molar-refractivity contribution in [1.29, 1.82) is 0 Å². The van der Waals surface area contributed by atoms with Gasteiger partial charge in [0.15, 0.2) is 0 Å². The SMILES string of the molecule is Cc1ccnc2cc(C(=O)O)c(=O)n(C)c12. The van der Waals surface area contributed by atoms with Crippen molar-refractivity contribution in [2.24, 2.45) is 7.05 Å². The summed E-state index contributed by atoms with van der Waals surface area (Å²) in [7, 11) is 1.55. The fourth-order valence-electron chi connectivity index (χ4n) is 1.75. The molecule has 5 heteroatoms. The Labute approximate surface area is 91.0 Å². The first kappa shape index (κ1) is 10.4. The number of hydrogen-bond donors (Lipinski definition) is 1. The van der Waals surface area contributed by atoms with E-state index in [1.165, 1.54) is 10.6 Å². The van der Waals surface area contributed by atoms with Crippen LogP contribution in [0.3, 0.4) is 0 Å². The summed E-state index contributed by atoms with van der Waals surface area (Å²) in [5, 5.41) is 8.88. The number of rotatable bonds is 1. The van der Waals surface area contributed by atoms with E-state index in [0.29, 0.717) is 11.0 Å². The van der Waals surface area contributed by atoms with Gasteiger partial charge in [-0.25, -0.2) is 4.79 Å². The number of aromatic nitrogens is 2. The zero-order chi connectivity index (χ0) is 11.9. The van der Waals surface area contributed by atoms with Crippen molar-refractivity contribution in [3.8, 4) is 0 Å². The van der Waals surface area contributed by atoms with E-state index in [-0.39, 0.29) is 5.56 Å². The molecule has 16 heavy (non-hydrogen) atoms. The molecule has 0 spiro atoms. The number of hydrogen-bond acceptors (Lipinski definition) is 3. The second-order valence-electron chi connectivity index (χ2n) is 3.59. The summed E-state index contributed by atoms with van der Waals surface area (Å²) >= 11 is 0. The molecular formula is C11H10N2O3. The average Bonchev–Trinajstić information content (AvgIpc) is 2.22. The van der Waals surface area contributed by atoms with Gasteiger partial charge in [0.25, 0.3) is 5.56 Å². The molecule has 0 aromatic carbocycles. The molecule has 0 atom stereocenters. The second-order valence-corrected chi connectivity index (χ2v) is 3.59. The molecule has 2 rings (SSSR count). The zero-order valence-corrected chi connectivity index (χ0v) is 8.89. The minimum Gasteiger partial charge on any atom is -0.477 e. The quantitative estimate of drug-likeness (QED) is 0.773. The summed E-state index contributed by atoms with van der Waals surface area (Å²) in [5.41, 5.74) is 1.29. The number of aromatic carboxylic acids is 1. The van der Waals surface area contributed by atoms with Gasteiger partial charge in [-0.05, 0) is 24.6 Å². The normalized spacial score (nSPS) is 10.6. The van der Waals surface area contributed by atoms with Crippen LogP contribution in [0.15, 0.2) is 23.1 Å². The Morgan fingerprint density at radius 3 is 2.81 bits per heavy atom. The van der Waals surface area contributed by atoms with Gasteiger partial charge in [0.05, 0.1) is 11.0 Å². The van der Waals surface area contributed by atoms with Crippen molar-refractivity contribution in [3.63, 3.8) is 0 Å². The zero-order valence-electron chi connectivity index (χ0n) is 8.89. The smallest absolute Gasteiger partial charge is 0.341 e. The molecule has 2 aromatic rings. The largest absolute Gasteiger partial charge is 0.477 e. The van der Waals surface area contributed by atoms with Gasteiger partial charge in [-0.1, -0.05) is 0 Å². The van der Waals surface area contributed by atoms with Crippen molar-refractivity contribution >= 4 is 17.0 Å². The highest BCUT2D eigenvalue weighted by Gasteiger charge is 2.14. The molecule has 0 amide bonds. The lowest BCUT2D eigenvalue weighted by Crippen LogP contribution is -2.24. The van der Waals surface area contributed by atoms with Crippen LogP contribution in [0.2, 0.25) is 0 Å². The molecule has 82 valence electrons. The van der Waals surface area contributed by atoms with E-state index in [4.69, 9.17) is 5.11 Å². The lowest BCUT2D eigenvalue weighted by atomic mass is 10.1. The molecule has 0 aliphatic heterocycles. The summed E-state index contributed by atoms with van der Waals surface area (Å²) in [6.45, 7) is 1.85. The molecule has 0 aliphatic carbocycles. The first-order valence-electron chi connectivity index (χ1n) is 4.71. The summed E-state index contributed by atoms with van der Waals surface area (Å²) in [5.74, 6) is -1.23. The number of carboxylic acids is 1. The molecule has 0 unspecified atom stereocenters. The monoisotopic (exact) mass is 218 g/mol. The predicted octanol–water partition coefficient (Wildman–Crippen LogP) is 0.940. The van der Waals surface area contributed by atoms with Crippen molar-refractivity contribution in [2.45, 2.75) is 6.92 Å². The van der Waals surface area contributed by atoms with Crippen LogP contribution in [0.4, 0.5) is 0 Å². The van der Waals surface area contributed by atoms with E-state index >= 15 is 0 Å². The van der Waals surface area contributed by atoms with E-state index in [9.17, 15) is 9.59 Å². The Balaban J connectivity index is 3.00. The van der Waals surface area contributed by atoms with Crippen LogP contribution in [0.25, 0.3) is 11.0 Å². The van der Waals surface area contributed by atoms with E-state index in [1.54, 1.807) is 19.3 Å². The fraction of sp³-hybridized carbons (Fsp3) is 0.182. The molecule has 0 saturated carbocycles. The van der Waals surface area contributed by atoms with Crippen molar-refractivity contribution in [1.82, 2.24) is 9.55 Å². The topological polar surface area (TPSA) is 72.2 Å². The summed E-state index contributed by atoms with van der Waals surface area (Å²) in [6, 6.07) is 3.09. The van der Waals surface area contributed by atoms with Gasteiger partial charge in [0, 0.05) is 13.2 Å². The van der Waals surface area contributed by atoms with Crippen LogP contribution < -0.4 is 5.56 Å². The maximum absolute atomic E-state index is 11.7. The molecule has 0 radical (unpaired) electrons. The Kier molecular flexibility index (Phi) is 2.23. The Morgan fingerprint density at radius 1 is 1.50 bits per heavy atom. The Hall–Kier alpha value is -2.17. The maximum atomic E-state index is 11.7. The van der Waals surface area contributed by atoms with Crippen LogP contribution in [-0.4, -0.2) is 20.6 Å². The number of pyridine rings is 2. The average molecular weight is 218 g/mol. The Morgan fingerprint density at radius 2 is 2.19 bits per heavy atom. The first-order valence-corrected chi connectivity index (χ1v) is 4.71. The lowest BCUT2D eigenvalue weighted by molar-refractivity contribution is 0.0694. The molecule has 0 bridgehead atoms. The minimum atomic E-state index is -1.23. The highest BCUT2D eigenvalue weighted by molar-refractivity contribution is 5.92. The van der Waals surface area contributed by atoms with Gasteiger partial charge in [-0.3, -0.25) is 9.78 Å². The third-order valence-electron chi connectivity index (χ3n) is 2.54. The Bertz CT molecular complexity index is 643. The van der Waals surface area contributed by atoms with Crippen molar-refractivity contribution in [3.05, 3.63) is 39.8 Å². The van der Waals surface area contributed by atoms with Gasteiger partial charge in [0.2, 0.25) is 0 Å². The maximum Gasteiger partial charge on any atom is 0.341 e. The summed E-state index contributed by atoms with van der Waals surface area (Å²) in [6.07, 6.45) is 1.59. The minimum absolute atomic E-state index is 0.256. The molecule has 1 N–H and O–H groups in total. The molecule has 2 heterocycles. The molecular weight excluding hydrogens is 208 g/mol. The number of fused-ring (bicyclic) bond motifs is 1. The molecule has 0 fully saturated rings. The third kappa shape index (κ3) is 1.37. The van der Waals surface area contributed by atoms with Crippen LogP contribution in [0, 0.1) is 6.92 Å². The predicted molar refractivity (Wildman–Crippen MR) is 58.7 cm³/mol. The molecule has 0 saturated heterocycles. The second kappa shape index (κ2) is 3.44. The van der Waals surface area contributed by atoms with E-state index in [1.807, 2.05) is 6.92 Å². The number of carboxylic acid groups (broad SMARTS) is 1. The number of nitrogens with zero attached hydrogens (tertiary/aromatic N) is 2. The number of carbonyl (C=O) groups is 1. The van der Waals surface area contributed by atoms with Crippen molar-refractivity contribution in [2.75, 3.05) is 0 Å². The van der Waals surface area contributed by atoms with Gasteiger partial charge in [-0.15, -0.1) is 0 Å². The standard InChI is InChI=1S/C11H10N2O3/c1-6-3-4-12-8-5-7(11(15)16)10(14)13(2)9(6)8/h3-5H,1-2H3,(H,15,16). The highest BCUT2D eigenvalue weighted by atomic mass is 16.4.